The van der Waals surface area contributed by atoms with Gasteiger partial charge in [0.1, 0.15) is 11.0 Å². The number of nitrogens with one attached hydrogen (secondary N) is 1. The Bertz CT molecular complexity index is 395. The van der Waals surface area contributed by atoms with E-state index >= 15 is 0 Å². The zero-order valence-electron chi connectivity index (χ0n) is 8.83. The molecule has 0 aromatic carbocycles. The van der Waals surface area contributed by atoms with Crippen LogP contribution in [0.25, 0.3) is 0 Å². The first kappa shape index (κ1) is 11.9. The van der Waals surface area contributed by atoms with E-state index in [9.17, 15) is 9.59 Å². The summed E-state index contributed by atoms with van der Waals surface area (Å²) in [5.41, 5.74) is -0.0409. The number of carbonyl (C=O) groups excluding carboxylic acids is 1. The molecular formula is C9H13NO4S. The van der Waals surface area contributed by atoms with Crippen molar-refractivity contribution in [1.82, 2.24) is 5.16 Å². The van der Waals surface area contributed by atoms with Crippen LogP contribution >= 0.6 is 11.8 Å². The molecular weight excluding hydrogens is 218 g/mol. The summed E-state index contributed by atoms with van der Waals surface area (Å²) in [5, 5.41) is 1.58. The average Bonchev–Trinajstić information content (AvgIpc) is 2.51. The lowest BCUT2D eigenvalue weighted by molar-refractivity contribution is -0.142. The van der Waals surface area contributed by atoms with E-state index in [0.717, 1.165) is 0 Å². The third-order valence-corrected chi connectivity index (χ3v) is 2.82. The molecule has 0 amide bonds. The number of hydrogen-bond acceptors (Lipinski definition) is 5. The zero-order valence-corrected chi connectivity index (χ0v) is 9.64. The van der Waals surface area contributed by atoms with Gasteiger partial charge in [-0.05, 0) is 20.1 Å². The van der Waals surface area contributed by atoms with Crippen LogP contribution in [0.3, 0.4) is 0 Å². The number of aromatic amines is 1. The van der Waals surface area contributed by atoms with Crippen molar-refractivity contribution in [2.24, 2.45) is 0 Å². The van der Waals surface area contributed by atoms with E-state index in [0.29, 0.717) is 17.9 Å². The van der Waals surface area contributed by atoms with Crippen molar-refractivity contribution in [3.05, 3.63) is 21.7 Å². The van der Waals surface area contributed by atoms with Crippen molar-refractivity contribution in [1.29, 1.82) is 0 Å². The van der Waals surface area contributed by atoms with Gasteiger partial charge in [0.25, 0.3) is 5.56 Å². The van der Waals surface area contributed by atoms with Crippen LogP contribution in [0, 0.1) is 6.92 Å². The first-order valence-electron chi connectivity index (χ1n) is 4.49. The maximum atomic E-state index is 11.5. The zero-order chi connectivity index (χ0) is 11.4. The highest BCUT2D eigenvalue weighted by Crippen LogP contribution is 2.27. The van der Waals surface area contributed by atoms with E-state index in [-0.39, 0.29) is 5.56 Å². The number of thioether (sulfide) groups is 1. The van der Waals surface area contributed by atoms with Gasteiger partial charge in [-0.3, -0.25) is 9.59 Å². The topological polar surface area (TPSA) is 72.3 Å². The van der Waals surface area contributed by atoms with E-state index < -0.39 is 11.2 Å². The number of esters is 1. The van der Waals surface area contributed by atoms with Crippen molar-refractivity contribution < 1.29 is 14.1 Å². The molecule has 0 spiro atoms. The summed E-state index contributed by atoms with van der Waals surface area (Å²) in [4.78, 5) is 22.9. The second-order valence-corrected chi connectivity index (χ2v) is 3.81. The highest BCUT2D eigenvalue weighted by molar-refractivity contribution is 7.99. The SMILES string of the molecule is CCOC(=O)C(SC)c1c(C)o[nH]c1=O. The Labute approximate surface area is 91.1 Å². The molecule has 0 aliphatic carbocycles. The molecule has 0 radical (unpaired) electrons. The van der Waals surface area contributed by atoms with E-state index in [1.54, 1.807) is 20.1 Å². The molecule has 1 aromatic heterocycles. The van der Waals surface area contributed by atoms with Gasteiger partial charge in [-0.25, -0.2) is 0 Å². The van der Waals surface area contributed by atoms with Crippen LogP contribution in [0.5, 0.6) is 0 Å². The number of rotatable bonds is 4. The van der Waals surface area contributed by atoms with Crippen molar-refractivity contribution >= 4 is 17.7 Å². The molecule has 1 atom stereocenters. The Balaban J connectivity index is 3.02. The molecule has 1 aromatic rings. The maximum absolute atomic E-state index is 11.5. The lowest BCUT2D eigenvalue weighted by Crippen LogP contribution is -2.19. The Hall–Kier alpha value is -1.17. The number of H-pyrrole nitrogens is 1. The first-order valence-corrected chi connectivity index (χ1v) is 5.78. The Morgan fingerprint density at radius 2 is 2.33 bits per heavy atom. The molecule has 0 fully saturated rings. The fourth-order valence-electron chi connectivity index (χ4n) is 1.25. The Morgan fingerprint density at radius 3 is 2.73 bits per heavy atom. The van der Waals surface area contributed by atoms with E-state index in [2.05, 4.69) is 5.16 Å². The number of aryl methyl sites for hydroxylation is 1. The number of carbonyl (C=O) groups is 1. The molecule has 0 aliphatic rings. The molecule has 1 rings (SSSR count). The van der Waals surface area contributed by atoms with Gasteiger partial charge in [0.2, 0.25) is 0 Å². The normalized spacial score (nSPS) is 12.5. The second-order valence-electron chi connectivity index (χ2n) is 2.87. The molecule has 6 heteroatoms. The Kier molecular flexibility index (Phi) is 4.02. The lowest BCUT2D eigenvalue weighted by atomic mass is 10.2. The number of ether oxygens (including phenoxy) is 1. The van der Waals surface area contributed by atoms with Crippen molar-refractivity contribution in [2.75, 3.05) is 12.9 Å². The minimum absolute atomic E-state index is 0.296. The molecule has 5 nitrogen and oxygen atoms in total. The van der Waals surface area contributed by atoms with Crippen LogP contribution in [0.15, 0.2) is 9.32 Å². The van der Waals surface area contributed by atoms with Gasteiger partial charge < -0.3 is 9.26 Å². The van der Waals surface area contributed by atoms with Crippen LogP contribution in [0.4, 0.5) is 0 Å². The third kappa shape index (κ3) is 2.44. The molecule has 0 bridgehead atoms. The van der Waals surface area contributed by atoms with Crippen LogP contribution in [0.1, 0.15) is 23.5 Å². The number of hydrogen-bond donors (Lipinski definition) is 1. The predicted octanol–water partition coefficient (Wildman–Crippen LogP) is 1.24. The monoisotopic (exact) mass is 231 g/mol. The summed E-state index contributed by atoms with van der Waals surface area (Å²) >= 11 is 1.25. The third-order valence-electron chi connectivity index (χ3n) is 1.92. The standard InChI is InChI=1S/C9H13NO4S/c1-4-13-9(12)7(15-3)6-5(2)14-10-8(6)11/h7H,4H2,1-3H3,(H,10,11). The predicted molar refractivity (Wildman–Crippen MR) is 57.0 cm³/mol. The van der Waals surface area contributed by atoms with E-state index in [1.165, 1.54) is 11.8 Å². The van der Waals surface area contributed by atoms with Gasteiger partial charge in [-0.1, -0.05) is 0 Å². The van der Waals surface area contributed by atoms with Crippen LogP contribution in [-0.2, 0) is 9.53 Å². The largest absolute Gasteiger partial charge is 0.465 e. The van der Waals surface area contributed by atoms with Gasteiger partial charge >= 0.3 is 5.97 Å². The highest BCUT2D eigenvalue weighted by Gasteiger charge is 2.27. The molecule has 0 saturated heterocycles. The fourth-order valence-corrected chi connectivity index (χ4v) is 2.02. The molecule has 1 N–H and O–H groups in total. The summed E-state index contributed by atoms with van der Waals surface area (Å²) in [6, 6.07) is 0. The quantitative estimate of drug-likeness (QED) is 0.789. The summed E-state index contributed by atoms with van der Waals surface area (Å²) in [7, 11) is 0. The minimum atomic E-state index is -0.618. The highest BCUT2D eigenvalue weighted by atomic mass is 32.2. The Morgan fingerprint density at radius 1 is 1.67 bits per heavy atom. The van der Waals surface area contributed by atoms with Gasteiger partial charge in [-0.15, -0.1) is 11.8 Å². The summed E-state index contributed by atoms with van der Waals surface area (Å²) < 4.78 is 9.72. The molecule has 15 heavy (non-hydrogen) atoms. The van der Waals surface area contributed by atoms with Crippen LogP contribution in [-0.4, -0.2) is 24.0 Å². The van der Waals surface area contributed by atoms with Crippen molar-refractivity contribution in [2.45, 2.75) is 19.1 Å². The van der Waals surface area contributed by atoms with Crippen molar-refractivity contribution in [3.63, 3.8) is 0 Å². The van der Waals surface area contributed by atoms with Gasteiger partial charge in [0.15, 0.2) is 0 Å². The van der Waals surface area contributed by atoms with E-state index in [4.69, 9.17) is 9.26 Å². The van der Waals surface area contributed by atoms with Gasteiger partial charge in [-0.2, -0.15) is 5.16 Å². The fraction of sp³-hybridized carbons (Fsp3) is 0.556. The van der Waals surface area contributed by atoms with Crippen LogP contribution < -0.4 is 5.56 Å². The molecule has 0 saturated carbocycles. The average molecular weight is 231 g/mol. The minimum Gasteiger partial charge on any atom is -0.465 e. The van der Waals surface area contributed by atoms with Crippen molar-refractivity contribution in [3.8, 4) is 0 Å². The second kappa shape index (κ2) is 5.06. The van der Waals surface area contributed by atoms with E-state index in [1.807, 2.05) is 0 Å². The first-order chi connectivity index (χ1) is 7.11. The smallest absolute Gasteiger partial charge is 0.323 e. The maximum Gasteiger partial charge on any atom is 0.323 e. The summed E-state index contributed by atoms with van der Waals surface area (Å²) in [6.07, 6.45) is 1.74. The number of aromatic nitrogens is 1. The molecule has 1 unspecified atom stereocenters. The lowest BCUT2D eigenvalue weighted by Gasteiger charge is -2.10. The summed E-state index contributed by atoms with van der Waals surface area (Å²) in [6.45, 7) is 3.65. The molecule has 0 aliphatic heterocycles. The van der Waals surface area contributed by atoms with Crippen LogP contribution in [0.2, 0.25) is 0 Å². The van der Waals surface area contributed by atoms with Gasteiger partial charge in [0.05, 0.1) is 12.2 Å². The molecule has 84 valence electrons. The van der Waals surface area contributed by atoms with Gasteiger partial charge in [0, 0.05) is 0 Å². The molecule has 1 heterocycles. The summed E-state index contributed by atoms with van der Waals surface area (Å²) in [5.74, 6) is 0.00685.